The molecule has 0 aromatic heterocycles. The molecule has 1 atom stereocenters. The van der Waals surface area contributed by atoms with Crippen molar-refractivity contribution in [3.8, 4) is 5.75 Å². The molecule has 0 radical (unpaired) electrons. The normalized spacial score (nSPS) is 23.6. The lowest BCUT2D eigenvalue weighted by Gasteiger charge is -2.30. The second kappa shape index (κ2) is 7.98. The highest BCUT2D eigenvalue weighted by Crippen LogP contribution is 2.34. The maximum atomic E-state index is 10.5. The maximum Gasteiger partial charge on any atom is 0.123 e. The summed E-state index contributed by atoms with van der Waals surface area (Å²) in [6.45, 7) is 4.27. The lowest BCUT2D eigenvalue weighted by molar-refractivity contribution is -0.108. The van der Waals surface area contributed by atoms with Crippen LogP contribution in [0.5, 0.6) is 5.75 Å². The summed E-state index contributed by atoms with van der Waals surface area (Å²) in [4.78, 5) is 10.5. The van der Waals surface area contributed by atoms with Crippen molar-refractivity contribution in [3.05, 3.63) is 28.2 Å². The van der Waals surface area contributed by atoms with Crippen LogP contribution < -0.4 is 4.74 Å². The van der Waals surface area contributed by atoms with E-state index in [0.717, 1.165) is 35.3 Å². The fraction of sp³-hybridized carbons (Fsp3) is 0.611. The van der Waals surface area contributed by atoms with E-state index in [0.29, 0.717) is 18.4 Å². The zero-order valence-corrected chi connectivity index (χ0v) is 14.6. The number of carbonyl (C=O) groups is 1. The van der Waals surface area contributed by atoms with Crippen LogP contribution in [-0.2, 0) is 4.79 Å². The first kappa shape index (κ1) is 16.5. The summed E-state index contributed by atoms with van der Waals surface area (Å²) < 4.78 is 7.29. The van der Waals surface area contributed by atoms with Crippen LogP contribution in [0, 0.1) is 18.8 Å². The topological polar surface area (TPSA) is 26.3 Å². The van der Waals surface area contributed by atoms with Gasteiger partial charge in [-0.25, -0.2) is 0 Å². The van der Waals surface area contributed by atoms with Crippen LogP contribution in [0.15, 0.2) is 22.7 Å². The van der Waals surface area contributed by atoms with Gasteiger partial charge in [0.15, 0.2) is 0 Å². The number of aldehydes is 1. The summed E-state index contributed by atoms with van der Waals surface area (Å²) in [6.07, 6.45) is 7.98. The Balaban J connectivity index is 1.81. The van der Waals surface area contributed by atoms with E-state index in [-0.39, 0.29) is 0 Å². The molecule has 0 amide bonds. The molecule has 0 heterocycles. The molecule has 1 saturated carbocycles. The van der Waals surface area contributed by atoms with Gasteiger partial charge in [-0.15, -0.1) is 0 Å². The Hall–Kier alpha value is -0.830. The summed E-state index contributed by atoms with van der Waals surface area (Å²) in [5.74, 6) is 2.29. The Bertz CT molecular complexity index is 464. The fourth-order valence-electron chi connectivity index (χ4n) is 3.21. The molecule has 1 aromatic carbocycles. The molecule has 0 aliphatic heterocycles. The van der Waals surface area contributed by atoms with Gasteiger partial charge in [0.25, 0.3) is 0 Å². The van der Waals surface area contributed by atoms with Crippen LogP contribution in [0.25, 0.3) is 0 Å². The second-order valence-electron chi connectivity index (χ2n) is 6.37. The highest BCUT2D eigenvalue weighted by Gasteiger charge is 2.24. The van der Waals surface area contributed by atoms with E-state index in [1.54, 1.807) is 0 Å². The van der Waals surface area contributed by atoms with Crippen molar-refractivity contribution in [2.45, 2.75) is 58.5 Å². The van der Waals surface area contributed by atoms with Gasteiger partial charge < -0.3 is 9.53 Å². The van der Waals surface area contributed by atoms with Gasteiger partial charge in [-0.1, -0.05) is 28.9 Å². The molecule has 0 saturated heterocycles. The number of rotatable bonds is 6. The van der Waals surface area contributed by atoms with Gasteiger partial charge in [0.2, 0.25) is 0 Å². The highest BCUT2D eigenvalue weighted by atomic mass is 79.9. The number of ether oxygens (including phenoxy) is 1. The summed E-state index contributed by atoms with van der Waals surface area (Å²) >= 11 is 3.55. The van der Waals surface area contributed by atoms with Crippen LogP contribution in [0.4, 0.5) is 0 Å². The molecule has 3 heteroatoms. The minimum absolute atomic E-state index is 0.343. The zero-order valence-electron chi connectivity index (χ0n) is 13.0. The van der Waals surface area contributed by atoms with Crippen LogP contribution in [0.3, 0.4) is 0 Å². The largest absolute Gasteiger partial charge is 0.490 e. The third kappa shape index (κ3) is 4.84. The number of hydrogen-bond donors (Lipinski definition) is 0. The predicted molar refractivity (Wildman–Crippen MR) is 89.7 cm³/mol. The van der Waals surface area contributed by atoms with Crippen molar-refractivity contribution in [1.29, 1.82) is 0 Å². The lowest BCUT2D eigenvalue weighted by atomic mass is 9.81. The Kier molecular flexibility index (Phi) is 6.28. The smallest absolute Gasteiger partial charge is 0.123 e. The molecule has 21 heavy (non-hydrogen) atoms. The van der Waals surface area contributed by atoms with Gasteiger partial charge in [-0.3, -0.25) is 0 Å². The fourth-order valence-corrected chi connectivity index (χ4v) is 3.56. The molecule has 0 unspecified atom stereocenters. The summed E-state index contributed by atoms with van der Waals surface area (Å²) in [5, 5.41) is 0. The zero-order chi connectivity index (χ0) is 15.2. The Morgan fingerprint density at radius 3 is 2.71 bits per heavy atom. The van der Waals surface area contributed by atoms with Crippen molar-refractivity contribution in [2.75, 3.05) is 0 Å². The van der Waals surface area contributed by atoms with Crippen LogP contribution in [-0.4, -0.2) is 12.4 Å². The van der Waals surface area contributed by atoms with Gasteiger partial charge in [-0.05, 0) is 63.0 Å². The maximum absolute atomic E-state index is 10.5. The van der Waals surface area contributed by atoms with Crippen LogP contribution in [0.1, 0.15) is 51.0 Å². The highest BCUT2D eigenvalue weighted by molar-refractivity contribution is 9.10. The third-order valence-electron chi connectivity index (χ3n) is 4.54. The molecule has 1 aliphatic carbocycles. The van der Waals surface area contributed by atoms with E-state index < -0.39 is 0 Å². The van der Waals surface area contributed by atoms with Crippen molar-refractivity contribution < 1.29 is 9.53 Å². The monoisotopic (exact) mass is 352 g/mol. The van der Waals surface area contributed by atoms with Crippen molar-refractivity contribution in [1.82, 2.24) is 0 Å². The van der Waals surface area contributed by atoms with Gasteiger partial charge >= 0.3 is 0 Å². The number of hydrogen-bond acceptors (Lipinski definition) is 2. The standard InChI is InChI=1S/C18H25BrO2/c1-13(10-11-20)12-15-6-8-16(9-7-15)21-18-5-3-4-17(19)14(18)2/h3-5,11,13,15-16H,6-10,12H2,1-2H3/t13-,15?,16?/m0/s1. The molecule has 2 nitrogen and oxygen atoms in total. The van der Waals surface area contributed by atoms with E-state index in [4.69, 9.17) is 4.74 Å². The Morgan fingerprint density at radius 1 is 1.33 bits per heavy atom. The van der Waals surface area contributed by atoms with Crippen molar-refractivity contribution in [2.24, 2.45) is 11.8 Å². The first-order valence-electron chi connectivity index (χ1n) is 7.95. The molecule has 1 aromatic rings. The summed E-state index contributed by atoms with van der Waals surface area (Å²) in [7, 11) is 0. The predicted octanol–water partition coefficient (Wildman–Crippen LogP) is 5.31. The van der Waals surface area contributed by atoms with E-state index in [2.05, 4.69) is 35.8 Å². The number of carbonyl (C=O) groups excluding carboxylic acids is 1. The first-order chi connectivity index (χ1) is 10.1. The first-order valence-corrected chi connectivity index (χ1v) is 8.74. The van der Waals surface area contributed by atoms with Gasteiger partial charge in [0, 0.05) is 16.5 Å². The number of halogens is 1. The van der Waals surface area contributed by atoms with E-state index >= 15 is 0 Å². The Morgan fingerprint density at radius 2 is 2.05 bits per heavy atom. The molecule has 1 aliphatic rings. The van der Waals surface area contributed by atoms with Gasteiger partial charge in [0.05, 0.1) is 6.10 Å². The second-order valence-corrected chi connectivity index (χ2v) is 7.22. The lowest BCUT2D eigenvalue weighted by Crippen LogP contribution is -2.25. The molecule has 0 bridgehead atoms. The molecule has 116 valence electrons. The SMILES string of the molecule is Cc1c(Br)cccc1OC1CCC(C[C@@H](C)CC=O)CC1. The summed E-state index contributed by atoms with van der Waals surface area (Å²) in [5.41, 5.74) is 1.18. The average molecular weight is 353 g/mol. The molecular formula is C18H25BrO2. The Labute approximate surface area is 136 Å². The molecule has 0 N–H and O–H groups in total. The molecule has 2 rings (SSSR count). The van der Waals surface area contributed by atoms with E-state index in [9.17, 15) is 4.79 Å². The molecule has 1 fully saturated rings. The number of benzene rings is 1. The minimum Gasteiger partial charge on any atom is -0.490 e. The van der Waals surface area contributed by atoms with Crippen molar-refractivity contribution in [3.63, 3.8) is 0 Å². The van der Waals surface area contributed by atoms with Crippen LogP contribution in [0.2, 0.25) is 0 Å². The van der Waals surface area contributed by atoms with E-state index in [1.807, 2.05) is 12.1 Å². The van der Waals surface area contributed by atoms with Crippen LogP contribution >= 0.6 is 15.9 Å². The summed E-state index contributed by atoms with van der Waals surface area (Å²) in [6, 6.07) is 6.13. The van der Waals surface area contributed by atoms with E-state index in [1.165, 1.54) is 24.8 Å². The minimum atomic E-state index is 0.343. The van der Waals surface area contributed by atoms with Crippen molar-refractivity contribution >= 4 is 22.2 Å². The van der Waals surface area contributed by atoms with Gasteiger partial charge in [-0.2, -0.15) is 0 Å². The molecule has 0 spiro atoms. The van der Waals surface area contributed by atoms with Gasteiger partial charge in [0.1, 0.15) is 12.0 Å². The molecular weight excluding hydrogens is 328 g/mol. The average Bonchev–Trinajstić information content (AvgIpc) is 2.46. The quantitative estimate of drug-likeness (QED) is 0.648. The third-order valence-corrected chi connectivity index (χ3v) is 5.40.